The van der Waals surface area contributed by atoms with Crippen molar-refractivity contribution in [3.05, 3.63) is 0 Å². The van der Waals surface area contributed by atoms with Crippen LogP contribution in [0.2, 0.25) is 0 Å². The molecule has 0 aromatic heterocycles. The van der Waals surface area contributed by atoms with E-state index in [1.807, 2.05) is 20.8 Å². The van der Waals surface area contributed by atoms with Crippen LogP contribution >= 0.6 is 0 Å². The van der Waals surface area contributed by atoms with Crippen LogP contribution in [0.4, 0.5) is 0 Å². The SMILES string of the molecule is CC(O)C(=O)N1CCC(OC(C)(C)C)C1. The third-order valence-electron chi connectivity index (χ3n) is 2.33. The molecule has 1 heterocycles. The highest BCUT2D eigenvalue weighted by atomic mass is 16.5. The molecule has 4 nitrogen and oxygen atoms in total. The summed E-state index contributed by atoms with van der Waals surface area (Å²) in [6, 6.07) is 0. The van der Waals surface area contributed by atoms with Gasteiger partial charge in [0.1, 0.15) is 6.10 Å². The van der Waals surface area contributed by atoms with Gasteiger partial charge in [-0.25, -0.2) is 0 Å². The van der Waals surface area contributed by atoms with Crippen molar-refractivity contribution in [3.8, 4) is 0 Å². The summed E-state index contributed by atoms with van der Waals surface area (Å²) in [5, 5.41) is 9.17. The minimum absolute atomic E-state index is 0.104. The monoisotopic (exact) mass is 215 g/mol. The van der Waals surface area contributed by atoms with Gasteiger partial charge < -0.3 is 14.7 Å². The van der Waals surface area contributed by atoms with Gasteiger partial charge in [0.05, 0.1) is 11.7 Å². The van der Waals surface area contributed by atoms with Crippen LogP contribution in [0.3, 0.4) is 0 Å². The maximum absolute atomic E-state index is 11.5. The third kappa shape index (κ3) is 3.80. The second-order valence-corrected chi connectivity index (χ2v) is 5.10. The Balaban J connectivity index is 2.43. The van der Waals surface area contributed by atoms with Crippen molar-refractivity contribution in [2.75, 3.05) is 13.1 Å². The van der Waals surface area contributed by atoms with Gasteiger partial charge in [0.15, 0.2) is 0 Å². The number of hydrogen-bond donors (Lipinski definition) is 1. The maximum atomic E-state index is 11.5. The van der Waals surface area contributed by atoms with Crippen molar-refractivity contribution in [1.82, 2.24) is 4.90 Å². The molecule has 0 radical (unpaired) electrons. The Morgan fingerprint density at radius 3 is 2.60 bits per heavy atom. The fraction of sp³-hybridized carbons (Fsp3) is 0.909. The van der Waals surface area contributed by atoms with E-state index in [1.54, 1.807) is 4.90 Å². The fourth-order valence-corrected chi connectivity index (χ4v) is 1.79. The average Bonchev–Trinajstić information content (AvgIpc) is 2.48. The molecule has 88 valence electrons. The second kappa shape index (κ2) is 4.49. The molecule has 2 atom stereocenters. The van der Waals surface area contributed by atoms with Gasteiger partial charge in [0.25, 0.3) is 5.91 Å². The molecule has 0 aliphatic carbocycles. The summed E-state index contributed by atoms with van der Waals surface area (Å²) in [5.74, 6) is -0.199. The van der Waals surface area contributed by atoms with Gasteiger partial charge >= 0.3 is 0 Å². The molecular formula is C11H21NO3. The van der Waals surface area contributed by atoms with Gasteiger partial charge in [0.2, 0.25) is 0 Å². The quantitative estimate of drug-likeness (QED) is 0.740. The van der Waals surface area contributed by atoms with E-state index in [1.165, 1.54) is 6.92 Å². The van der Waals surface area contributed by atoms with Gasteiger partial charge in [-0.3, -0.25) is 4.79 Å². The Morgan fingerprint density at radius 1 is 1.53 bits per heavy atom. The molecule has 0 spiro atoms. The van der Waals surface area contributed by atoms with E-state index in [2.05, 4.69) is 0 Å². The first-order chi connectivity index (χ1) is 6.79. The van der Waals surface area contributed by atoms with Crippen LogP contribution in [0.5, 0.6) is 0 Å². The highest BCUT2D eigenvalue weighted by Gasteiger charge is 2.31. The molecule has 4 heteroatoms. The predicted molar refractivity (Wildman–Crippen MR) is 57.5 cm³/mol. The number of carbonyl (C=O) groups is 1. The molecule has 1 fully saturated rings. The lowest BCUT2D eigenvalue weighted by molar-refractivity contribution is -0.139. The molecule has 0 aromatic carbocycles. The van der Waals surface area contributed by atoms with E-state index in [4.69, 9.17) is 9.84 Å². The third-order valence-corrected chi connectivity index (χ3v) is 2.33. The molecule has 2 unspecified atom stereocenters. The van der Waals surface area contributed by atoms with E-state index in [-0.39, 0.29) is 17.6 Å². The summed E-state index contributed by atoms with van der Waals surface area (Å²) < 4.78 is 5.78. The van der Waals surface area contributed by atoms with Crippen molar-refractivity contribution < 1.29 is 14.6 Å². The minimum Gasteiger partial charge on any atom is -0.384 e. The van der Waals surface area contributed by atoms with Crippen LogP contribution in [0, 0.1) is 0 Å². The molecule has 1 rings (SSSR count). The summed E-state index contributed by atoms with van der Waals surface area (Å²) in [7, 11) is 0. The van der Waals surface area contributed by atoms with Crippen LogP contribution in [-0.2, 0) is 9.53 Å². The lowest BCUT2D eigenvalue weighted by atomic mass is 10.2. The summed E-state index contributed by atoms with van der Waals surface area (Å²) >= 11 is 0. The van der Waals surface area contributed by atoms with Gasteiger partial charge in [0, 0.05) is 13.1 Å². The predicted octanol–water partition coefficient (Wildman–Crippen LogP) is 0.783. The Kier molecular flexibility index (Phi) is 3.73. The van der Waals surface area contributed by atoms with Crippen LogP contribution < -0.4 is 0 Å². The normalized spacial score (nSPS) is 24.3. The number of nitrogens with zero attached hydrogens (tertiary/aromatic N) is 1. The largest absolute Gasteiger partial charge is 0.384 e. The highest BCUT2D eigenvalue weighted by Crippen LogP contribution is 2.19. The Bertz CT molecular complexity index is 232. The van der Waals surface area contributed by atoms with Crippen LogP contribution in [0.25, 0.3) is 0 Å². The standard InChI is InChI=1S/C11H21NO3/c1-8(13)10(14)12-6-5-9(7-12)15-11(2,3)4/h8-9,13H,5-7H2,1-4H3. The number of ether oxygens (including phenoxy) is 1. The van der Waals surface area contributed by atoms with Crippen LogP contribution in [0.15, 0.2) is 0 Å². The molecule has 1 amide bonds. The maximum Gasteiger partial charge on any atom is 0.251 e. The van der Waals surface area contributed by atoms with E-state index in [0.717, 1.165) is 6.42 Å². The number of likely N-dealkylation sites (tertiary alicyclic amines) is 1. The van der Waals surface area contributed by atoms with E-state index < -0.39 is 6.10 Å². The molecule has 15 heavy (non-hydrogen) atoms. The molecule has 0 bridgehead atoms. The number of aliphatic hydroxyl groups excluding tert-OH is 1. The Morgan fingerprint density at radius 2 is 2.13 bits per heavy atom. The van der Waals surface area contributed by atoms with E-state index in [9.17, 15) is 4.79 Å². The molecule has 1 saturated heterocycles. The molecular weight excluding hydrogens is 194 g/mol. The van der Waals surface area contributed by atoms with Gasteiger partial charge in [-0.15, -0.1) is 0 Å². The highest BCUT2D eigenvalue weighted by molar-refractivity contribution is 5.80. The molecule has 1 aliphatic rings. The summed E-state index contributed by atoms with van der Waals surface area (Å²) in [6.07, 6.45) is 0.0570. The zero-order valence-corrected chi connectivity index (χ0v) is 9.99. The first kappa shape index (κ1) is 12.5. The van der Waals surface area contributed by atoms with E-state index in [0.29, 0.717) is 13.1 Å². The van der Waals surface area contributed by atoms with Crippen molar-refractivity contribution in [1.29, 1.82) is 0 Å². The van der Waals surface area contributed by atoms with Crippen molar-refractivity contribution in [2.24, 2.45) is 0 Å². The van der Waals surface area contributed by atoms with Crippen molar-refractivity contribution >= 4 is 5.91 Å². The number of aliphatic hydroxyl groups is 1. The summed E-state index contributed by atoms with van der Waals surface area (Å²) in [5.41, 5.74) is -0.172. The first-order valence-electron chi connectivity index (χ1n) is 5.44. The minimum atomic E-state index is -0.904. The van der Waals surface area contributed by atoms with Crippen molar-refractivity contribution in [2.45, 2.75) is 51.9 Å². The van der Waals surface area contributed by atoms with Gasteiger partial charge in [-0.2, -0.15) is 0 Å². The van der Waals surface area contributed by atoms with Crippen molar-refractivity contribution in [3.63, 3.8) is 0 Å². The van der Waals surface area contributed by atoms with Gasteiger partial charge in [-0.05, 0) is 34.1 Å². The fourth-order valence-electron chi connectivity index (χ4n) is 1.79. The van der Waals surface area contributed by atoms with Crippen LogP contribution in [0.1, 0.15) is 34.1 Å². The van der Waals surface area contributed by atoms with E-state index >= 15 is 0 Å². The lowest BCUT2D eigenvalue weighted by Crippen LogP contribution is -2.37. The summed E-state index contributed by atoms with van der Waals surface area (Å²) in [6.45, 7) is 8.80. The zero-order chi connectivity index (χ0) is 11.6. The Hall–Kier alpha value is -0.610. The topological polar surface area (TPSA) is 49.8 Å². The molecule has 1 aliphatic heterocycles. The number of rotatable bonds is 2. The second-order valence-electron chi connectivity index (χ2n) is 5.10. The summed E-state index contributed by atoms with van der Waals surface area (Å²) in [4.78, 5) is 13.1. The number of hydrogen-bond acceptors (Lipinski definition) is 3. The zero-order valence-electron chi connectivity index (χ0n) is 9.99. The lowest BCUT2D eigenvalue weighted by Gasteiger charge is -2.25. The first-order valence-corrected chi connectivity index (χ1v) is 5.44. The molecule has 0 aromatic rings. The smallest absolute Gasteiger partial charge is 0.251 e. The van der Waals surface area contributed by atoms with Gasteiger partial charge in [-0.1, -0.05) is 0 Å². The van der Waals surface area contributed by atoms with Crippen LogP contribution in [-0.4, -0.2) is 46.8 Å². The average molecular weight is 215 g/mol. The number of amides is 1. The number of carbonyl (C=O) groups excluding carboxylic acids is 1. The molecule has 1 N–H and O–H groups in total. The Labute approximate surface area is 91.2 Å². The molecule has 0 saturated carbocycles.